The van der Waals surface area contributed by atoms with Crippen LogP contribution in [0.15, 0.2) is 77.9 Å². The third kappa shape index (κ3) is 11.3. The number of carbonyl (C=O) groups is 4. The molecule has 0 aliphatic carbocycles. The molecule has 0 aliphatic rings. The van der Waals surface area contributed by atoms with Gasteiger partial charge in [0, 0.05) is 42.9 Å². The molecule has 14 nitrogen and oxygen atoms in total. The molecule has 0 spiro atoms. The number of aryl methyl sites for hydroxylation is 1. The number of benzene rings is 3. The van der Waals surface area contributed by atoms with E-state index in [0.29, 0.717) is 43.3 Å². The van der Waals surface area contributed by atoms with Crippen molar-refractivity contribution in [1.29, 1.82) is 0 Å². The standard InChI is InChI=1S/C38H49N9O5/c1-23-7-2-3-8-28(23)25-13-11-24(12-14-25)19-32(36(51)46-31(35(40)50)9-4-5-18-43-38(41)42)47-37(52)33(45-34(49)10-6-17-39)20-26-22-44-30-16-15-27(48)21-29(26)30/h2-3,7-8,11-16,21-22,31-33,44,48H,4-6,9-10,17-20,39H2,1H3,(H2,40,50)(H,45,49)(H,46,51)(H,47,52)(H4,41,42,43)/t31-,32-,33-/m0/s1. The smallest absolute Gasteiger partial charge is 0.243 e. The van der Waals surface area contributed by atoms with Gasteiger partial charge < -0.3 is 49.0 Å². The van der Waals surface area contributed by atoms with Gasteiger partial charge in [-0.25, -0.2) is 0 Å². The van der Waals surface area contributed by atoms with E-state index in [0.717, 1.165) is 27.8 Å². The lowest BCUT2D eigenvalue weighted by Gasteiger charge is -2.25. The number of fused-ring (bicyclic) bond motifs is 1. The number of nitrogens with zero attached hydrogens (tertiary/aromatic N) is 1. The molecule has 276 valence electrons. The number of H-pyrrole nitrogens is 1. The number of amides is 4. The van der Waals surface area contributed by atoms with E-state index < -0.39 is 35.8 Å². The number of phenols is 1. The van der Waals surface area contributed by atoms with E-state index in [4.69, 9.17) is 22.9 Å². The van der Waals surface area contributed by atoms with Crippen LogP contribution in [0.2, 0.25) is 0 Å². The first kappa shape index (κ1) is 38.9. The molecule has 14 heteroatoms. The summed E-state index contributed by atoms with van der Waals surface area (Å²) in [6.07, 6.45) is 3.67. The Morgan fingerprint density at radius 3 is 2.19 bits per heavy atom. The zero-order chi connectivity index (χ0) is 37.6. The fourth-order valence-electron chi connectivity index (χ4n) is 5.95. The van der Waals surface area contributed by atoms with E-state index in [1.54, 1.807) is 24.4 Å². The van der Waals surface area contributed by atoms with Crippen LogP contribution in [-0.2, 0) is 32.0 Å². The van der Waals surface area contributed by atoms with Crippen LogP contribution in [0.3, 0.4) is 0 Å². The van der Waals surface area contributed by atoms with Crippen molar-refractivity contribution in [2.75, 3.05) is 13.1 Å². The van der Waals surface area contributed by atoms with Crippen molar-refractivity contribution < 1.29 is 24.3 Å². The highest BCUT2D eigenvalue weighted by Crippen LogP contribution is 2.25. The molecular formula is C38H49N9O5. The minimum absolute atomic E-state index is 0.0398. The molecule has 0 bridgehead atoms. The number of hydrogen-bond donors (Lipinski definition) is 9. The highest BCUT2D eigenvalue weighted by molar-refractivity contribution is 5.95. The number of unbranched alkanes of at least 4 members (excludes halogenated alkanes) is 1. The van der Waals surface area contributed by atoms with Crippen LogP contribution in [0.4, 0.5) is 0 Å². The Kier molecular flexibility index (Phi) is 14.2. The second kappa shape index (κ2) is 18.9. The lowest BCUT2D eigenvalue weighted by molar-refractivity contribution is -0.133. The summed E-state index contributed by atoms with van der Waals surface area (Å²) in [6, 6.07) is 17.2. The van der Waals surface area contributed by atoms with Crippen molar-refractivity contribution in [3.8, 4) is 16.9 Å². The predicted octanol–water partition coefficient (Wildman–Crippen LogP) is 1.76. The van der Waals surface area contributed by atoms with E-state index in [9.17, 15) is 24.3 Å². The number of nitrogens with one attached hydrogen (secondary N) is 4. The fourth-order valence-corrected chi connectivity index (χ4v) is 5.95. The van der Waals surface area contributed by atoms with Crippen LogP contribution in [0.25, 0.3) is 22.0 Å². The number of aromatic hydroxyl groups is 1. The number of carbonyl (C=O) groups excluding carboxylic acids is 4. The summed E-state index contributed by atoms with van der Waals surface area (Å²) < 4.78 is 0. The summed E-state index contributed by atoms with van der Waals surface area (Å²) in [4.78, 5) is 60.3. The van der Waals surface area contributed by atoms with Crippen molar-refractivity contribution in [3.05, 3.63) is 89.6 Å². The molecular weight excluding hydrogens is 662 g/mol. The van der Waals surface area contributed by atoms with Gasteiger partial charge in [0.15, 0.2) is 5.96 Å². The summed E-state index contributed by atoms with van der Waals surface area (Å²) in [5, 5.41) is 19.2. The summed E-state index contributed by atoms with van der Waals surface area (Å²) in [5.41, 5.74) is 27.4. The van der Waals surface area contributed by atoms with Gasteiger partial charge in [-0.15, -0.1) is 0 Å². The topological polar surface area (TPSA) is 257 Å². The van der Waals surface area contributed by atoms with Gasteiger partial charge in [0.25, 0.3) is 0 Å². The van der Waals surface area contributed by atoms with E-state index in [2.05, 4.69) is 25.9 Å². The van der Waals surface area contributed by atoms with Gasteiger partial charge >= 0.3 is 0 Å². The average Bonchev–Trinajstić information content (AvgIpc) is 3.51. The molecule has 0 aliphatic heterocycles. The lowest BCUT2D eigenvalue weighted by Crippen LogP contribution is -2.57. The van der Waals surface area contributed by atoms with Crippen molar-refractivity contribution in [2.24, 2.45) is 27.9 Å². The molecule has 0 radical (unpaired) electrons. The summed E-state index contributed by atoms with van der Waals surface area (Å²) in [7, 11) is 0. The van der Waals surface area contributed by atoms with Crippen molar-refractivity contribution in [1.82, 2.24) is 20.9 Å². The summed E-state index contributed by atoms with van der Waals surface area (Å²) >= 11 is 0. The Labute approximate surface area is 302 Å². The molecule has 0 saturated carbocycles. The number of rotatable bonds is 19. The number of hydrogen-bond acceptors (Lipinski definition) is 7. The number of phenolic OH excluding ortho intramolecular Hbond substituents is 1. The van der Waals surface area contributed by atoms with Gasteiger partial charge in [-0.2, -0.15) is 0 Å². The number of nitrogens with two attached hydrogens (primary N) is 4. The number of primary amides is 1. The van der Waals surface area contributed by atoms with E-state index in [-0.39, 0.29) is 43.3 Å². The van der Waals surface area contributed by atoms with Crippen molar-refractivity contribution >= 4 is 40.5 Å². The fraction of sp³-hybridized carbons (Fsp3) is 0.342. The van der Waals surface area contributed by atoms with Crippen LogP contribution in [0.1, 0.15) is 48.8 Å². The molecule has 1 heterocycles. The number of aromatic amines is 1. The van der Waals surface area contributed by atoms with Gasteiger partial charge in [0.1, 0.15) is 23.9 Å². The number of aliphatic imine (C=N–C) groups is 1. The third-order valence-electron chi connectivity index (χ3n) is 8.77. The second-order valence-corrected chi connectivity index (χ2v) is 12.8. The Bertz CT molecular complexity index is 1870. The minimum Gasteiger partial charge on any atom is -0.508 e. The maximum Gasteiger partial charge on any atom is 0.243 e. The van der Waals surface area contributed by atoms with Crippen LogP contribution < -0.4 is 38.9 Å². The summed E-state index contributed by atoms with van der Waals surface area (Å²) in [6.45, 7) is 2.68. The van der Waals surface area contributed by atoms with Crippen LogP contribution in [0, 0.1) is 6.92 Å². The maximum absolute atomic E-state index is 14.1. The monoisotopic (exact) mass is 711 g/mol. The second-order valence-electron chi connectivity index (χ2n) is 12.8. The molecule has 52 heavy (non-hydrogen) atoms. The first-order valence-corrected chi connectivity index (χ1v) is 17.3. The van der Waals surface area contributed by atoms with Crippen molar-refractivity contribution in [2.45, 2.75) is 70.0 Å². The maximum atomic E-state index is 14.1. The minimum atomic E-state index is -1.14. The molecule has 3 aromatic carbocycles. The van der Waals surface area contributed by atoms with Crippen LogP contribution in [0.5, 0.6) is 5.75 Å². The molecule has 13 N–H and O–H groups in total. The normalized spacial score (nSPS) is 12.7. The first-order valence-electron chi connectivity index (χ1n) is 17.3. The molecule has 1 aromatic heterocycles. The lowest BCUT2D eigenvalue weighted by atomic mass is 9.97. The van der Waals surface area contributed by atoms with Gasteiger partial charge in [-0.05, 0) is 85.2 Å². The molecule has 4 aromatic rings. The number of guanidine groups is 1. The molecule has 4 rings (SSSR count). The highest BCUT2D eigenvalue weighted by Gasteiger charge is 2.30. The Balaban J connectivity index is 1.60. The van der Waals surface area contributed by atoms with E-state index in [1.165, 1.54) is 0 Å². The molecule has 4 amide bonds. The summed E-state index contributed by atoms with van der Waals surface area (Å²) in [5.74, 6) is -2.32. The van der Waals surface area contributed by atoms with Crippen LogP contribution in [-0.4, -0.2) is 70.9 Å². The Hall–Kier alpha value is -5.89. The molecule has 0 unspecified atom stereocenters. The van der Waals surface area contributed by atoms with Gasteiger partial charge in [0.05, 0.1) is 0 Å². The zero-order valence-electron chi connectivity index (χ0n) is 29.4. The zero-order valence-corrected chi connectivity index (χ0v) is 29.4. The quantitative estimate of drug-likeness (QED) is 0.0392. The number of aromatic nitrogens is 1. The molecule has 0 fully saturated rings. The van der Waals surface area contributed by atoms with E-state index >= 15 is 0 Å². The SMILES string of the molecule is Cc1ccccc1-c1ccc(C[C@H](NC(=O)[C@H](Cc2c[nH]c3ccc(O)cc23)NC(=O)CCCN)C(=O)N[C@@H](CCCCN=C(N)N)C(N)=O)cc1. The molecule has 3 atom stereocenters. The Morgan fingerprint density at radius 2 is 1.52 bits per heavy atom. The van der Waals surface area contributed by atoms with Gasteiger partial charge in [-0.3, -0.25) is 24.2 Å². The van der Waals surface area contributed by atoms with Gasteiger partial charge in [0.2, 0.25) is 23.6 Å². The van der Waals surface area contributed by atoms with E-state index in [1.807, 2.05) is 55.5 Å². The average molecular weight is 712 g/mol. The first-order chi connectivity index (χ1) is 24.9. The van der Waals surface area contributed by atoms with Gasteiger partial charge in [-0.1, -0.05) is 48.5 Å². The Morgan fingerprint density at radius 1 is 0.827 bits per heavy atom. The third-order valence-corrected chi connectivity index (χ3v) is 8.77. The largest absolute Gasteiger partial charge is 0.508 e. The van der Waals surface area contributed by atoms with Crippen LogP contribution >= 0.6 is 0 Å². The predicted molar refractivity (Wildman–Crippen MR) is 202 cm³/mol. The molecule has 0 saturated heterocycles. The highest BCUT2D eigenvalue weighted by atomic mass is 16.3. The van der Waals surface area contributed by atoms with Crippen molar-refractivity contribution in [3.63, 3.8) is 0 Å².